The SMILES string of the molecule is CC(C)N1CC[C@H]1C(=O)N1CCS(=O)(=O)CC1. The summed E-state index contributed by atoms with van der Waals surface area (Å²) in [7, 11) is -2.90. The normalized spacial score (nSPS) is 29.1. The molecule has 0 aromatic heterocycles. The zero-order valence-electron chi connectivity index (χ0n) is 10.4. The smallest absolute Gasteiger partial charge is 0.240 e. The first-order chi connectivity index (χ1) is 7.91. The molecule has 0 aromatic rings. The van der Waals surface area contributed by atoms with Crippen LogP contribution < -0.4 is 0 Å². The van der Waals surface area contributed by atoms with Gasteiger partial charge in [-0.3, -0.25) is 9.69 Å². The molecule has 2 fully saturated rings. The van der Waals surface area contributed by atoms with Crippen LogP contribution in [0.15, 0.2) is 0 Å². The molecular formula is C11H20N2O3S. The molecule has 0 bridgehead atoms. The van der Waals surface area contributed by atoms with Crippen LogP contribution in [0, 0.1) is 0 Å². The third-order valence-corrected chi connectivity index (χ3v) is 5.27. The molecule has 0 aliphatic carbocycles. The highest BCUT2D eigenvalue weighted by molar-refractivity contribution is 7.91. The molecule has 2 aliphatic rings. The number of carbonyl (C=O) groups is 1. The first-order valence-corrected chi connectivity index (χ1v) is 7.98. The van der Waals surface area contributed by atoms with E-state index < -0.39 is 9.84 Å². The molecule has 2 heterocycles. The lowest BCUT2D eigenvalue weighted by Crippen LogP contribution is -2.60. The summed E-state index contributed by atoms with van der Waals surface area (Å²) in [5, 5.41) is 0. The first-order valence-electron chi connectivity index (χ1n) is 6.16. The molecule has 98 valence electrons. The van der Waals surface area contributed by atoms with Crippen molar-refractivity contribution in [2.45, 2.75) is 32.4 Å². The van der Waals surface area contributed by atoms with Crippen LogP contribution in [0.2, 0.25) is 0 Å². The molecule has 0 radical (unpaired) electrons. The second-order valence-electron chi connectivity index (χ2n) is 5.11. The number of sulfone groups is 1. The lowest BCUT2D eigenvalue weighted by atomic mass is 9.99. The van der Waals surface area contributed by atoms with Crippen molar-refractivity contribution in [3.63, 3.8) is 0 Å². The molecule has 2 saturated heterocycles. The number of rotatable bonds is 2. The summed E-state index contributed by atoms with van der Waals surface area (Å²) in [5.41, 5.74) is 0. The number of likely N-dealkylation sites (tertiary alicyclic amines) is 1. The Balaban J connectivity index is 1.93. The van der Waals surface area contributed by atoms with Gasteiger partial charge in [-0.25, -0.2) is 8.42 Å². The maximum atomic E-state index is 12.2. The Morgan fingerprint density at radius 3 is 2.18 bits per heavy atom. The van der Waals surface area contributed by atoms with Crippen molar-refractivity contribution in [3.8, 4) is 0 Å². The maximum absolute atomic E-state index is 12.2. The summed E-state index contributed by atoms with van der Waals surface area (Å²) < 4.78 is 22.6. The van der Waals surface area contributed by atoms with Crippen molar-refractivity contribution in [1.29, 1.82) is 0 Å². The second-order valence-corrected chi connectivity index (χ2v) is 7.42. The van der Waals surface area contributed by atoms with Gasteiger partial charge in [0, 0.05) is 25.7 Å². The van der Waals surface area contributed by atoms with Crippen molar-refractivity contribution in [1.82, 2.24) is 9.80 Å². The number of nitrogens with zero attached hydrogens (tertiary/aromatic N) is 2. The molecule has 0 spiro atoms. The van der Waals surface area contributed by atoms with Crippen LogP contribution in [0.25, 0.3) is 0 Å². The van der Waals surface area contributed by atoms with Gasteiger partial charge in [-0.1, -0.05) is 0 Å². The Labute approximate surface area is 103 Å². The number of hydrogen-bond donors (Lipinski definition) is 0. The predicted molar refractivity (Wildman–Crippen MR) is 65.5 cm³/mol. The number of amides is 1. The fraction of sp³-hybridized carbons (Fsp3) is 0.909. The van der Waals surface area contributed by atoms with Gasteiger partial charge < -0.3 is 4.90 Å². The van der Waals surface area contributed by atoms with E-state index in [4.69, 9.17) is 0 Å². The molecule has 17 heavy (non-hydrogen) atoms. The van der Waals surface area contributed by atoms with E-state index in [9.17, 15) is 13.2 Å². The van der Waals surface area contributed by atoms with Crippen LogP contribution in [0.1, 0.15) is 20.3 Å². The molecule has 1 amide bonds. The number of carbonyl (C=O) groups excluding carboxylic acids is 1. The molecule has 0 aromatic carbocycles. The van der Waals surface area contributed by atoms with Gasteiger partial charge in [0.2, 0.25) is 5.91 Å². The van der Waals surface area contributed by atoms with E-state index in [1.165, 1.54) is 0 Å². The summed E-state index contributed by atoms with van der Waals surface area (Å²) in [6, 6.07) is 0.363. The van der Waals surface area contributed by atoms with Gasteiger partial charge >= 0.3 is 0 Å². The van der Waals surface area contributed by atoms with E-state index in [1.54, 1.807) is 4.90 Å². The van der Waals surface area contributed by atoms with Crippen LogP contribution in [0.5, 0.6) is 0 Å². The lowest BCUT2D eigenvalue weighted by molar-refractivity contribution is -0.142. The monoisotopic (exact) mass is 260 g/mol. The Bertz CT molecular complexity index is 391. The minimum atomic E-state index is -2.90. The lowest BCUT2D eigenvalue weighted by Gasteiger charge is -2.45. The van der Waals surface area contributed by atoms with Gasteiger partial charge in [-0.2, -0.15) is 0 Å². The molecule has 2 rings (SSSR count). The van der Waals surface area contributed by atoms with Crippen molar-refractivity contribution in [2.24, 2.45) is 0 Å². The standard InChI is InChI=1S/C11H20N2O3S/c1-9(2)13-4-3-10(13)11(14)12-5-7-17(15,16)8-6-12/h9-10H,3-8H2,1-2H3/t10-/m0/s1. The van der Waals surface area contributed by atoms with E-state index in [0.717, 1.165) is 13.0 Å². The van der Waals surface area contributed by atoms with Crippen LogP contribution in [-0.4, -0.2) is 67.3 Å². The predicted octanol–water partition coefficient (Wildman–Crippen LogP) is -0.274. The fourth-order valence-corrected chi connectivity index (χ4v) is 3.64. The van der Waals surface area contributed by atoms with Crippen LogP contribution >= 0.6 is 0 Å². The van der Waals surface area contributed by atoms with Gasteiger partial charge in [-0.05, 0) is 20.3 Å². The number of hydrogen-bond acceptors (Lipinski definition) is 4. The first kappa shape index (κ1) is 12.8. The van der Waals surface area contributed by atoms with E-state index in [2.05, 4.69) is 18.7 Å². The minimum Gasteiger partial charge on any atom is -0.339 e. The Morgan fingerprint density at radius 2 is 1.76 bits per heavy atom. The average molecular weight is 260 g/mol. The summed E-state index contributed by atoms with van der Waals surface area (Å²) in [6.45, 7) is 5.87. The summed E-state index contributed by atoms with van der Waals surface area (Å²) >= 11 is 0. The fourth-order valence-electron chi connectivity index (χ4n) is 2.43. The molecule has 2 aliphatic heterocycles. The van der Waals surface area contributed by atoms with E-state index in [1.807, 2.05) is 0 Å². The zero-order valence-corrected chi connectivity index (χ0v) is 11.2. The van der Waals surface area contributed by atoms with Crippen molar-refractivity contribution in [3.05, 3.63) is 0 Å². The zero-order chi connectivity index (χ0) is 12.6. The van der Waals surface area contributed by atoms with Gasteiger partial charge in [-0.15, -0.1) is 0 Å². The Kier molecular flexibility index (Phi) is 3.45. The summed E-state index contributed by atoms with van der Waals surface area (Å²) in [4.78, 5) is 16.1. The molecule has 0 saturated carbocycles. The van der Waals surface area contributed by atoms with E-state index in [0.29, 0.717) is 19.1 Å². The highest BCUT2D eigenvalue weighted by atomic mass is 32.2. The van der Waals surface area contributed by atoms with E-state index >= 15 is 0 Å². The maximum Gasteiger partial charge on any atom is 0.240 e. The molecule has 1 atom stereocenters. The minimum absolute atomic E-state index is 0.0178. The van der Waals surface area contributed by atoms with Gasteiger partial charge in [0.05, 0.1) is 17.5 Å². The molecular weight excluding hydrogens is 240 g/mol. The van der Waals surface area contributed by atoms with Crippen molar-refractivity contribution < 1.29 is 13.2 Å². The third kappa shape index (κ3) is 2.63. The molecule has 0 unspecified atom stereocenters. The van der Waals surface area contributed by atoms with Crippen molar-refractivity contribution in [2.75, 3.05) is 31.1 Å². The van der Waals surface area contributed by atoms with Gasteiger partial charge in [0.25, 0.3) is 0 Å². The van der Waals surface area contributed by atoms with Crippen LogP contribution in [0.3, 0.4) is 0 Å². The molecule has 0 N–H and O–H groups in total. The average Bonchev–Trinajstić information content (AvgIpc) is 2.14. The Morgan fingerprint density at radius 1 is 1.18 bits per heavy atom. The molecule has 5 nitrogen and oxygen atoms in total. The van der Waals surface area contributed by atoms with Gasteiger partial charge in [0.1, 0.15) is 0 Å². The summed E-state index contributed by atoms with van der Waals surface area (Å²) in [5.74, 6) is 0.347. The van der Waals surface area contributed by atoms with Gasteiger partial charge in [0.15, 0.2) is 9.84 Å². The molecule has 6 heteroatoms. The van der Waals surface area contributed by atoms with Crippen LogP contribution in [-0.2, 0) is 14.6 Å². The second kappa shape index (κ2) is 4.57. The highest BCUT2D eigenvalue weighted by Crippen LogP contribution is 2.23. The van der Waals surface area contributed by atoms with Crippen LogP contribution in [0.4, 0.5) is 0 Å². The van der Waals surface area contributed by atoms with E-state index in [-0.39, 0.29) is 23.5 Å². The Hall–Kier alpha value is -0.620. The topological polar surface area (TPSA) is 57.7 Å². The third-order valence-electron chi connectivity index (χ3n) is 3.67. The quantitative estimate of drug-likeness (QED) is 0.685. The van der Waals surface area contributed by atoms with Crippen molar-refractivity contribution >= 4 is 15.7 Å². The largest absolute Gasteiger partial charge is 0.339 e. The summed E-state index contributed by atoms with van der Waals surface area (Å²) in [6.07, 6.45) is 0.903. The highest BCUT2D eigenvalue weighted by Gasteiger charge is 2.39.